The van der Waals surface area contributed by atoms with Crippen LogP contribution in [0.2, 0.25) is 0 Å². The zero-order chi connectivity index (χ0) is 24.1. The molecule has 0 bridgehead atoms. The topological polar surface area (TPSA) is 105 Å². The normalized spacial score (nSPS) is 19.6. The molecule has 2 aromatic rings. The standard InChI is InChI=1S/C25H29N3O5S/c1-2-33-25(30)20(15-18-9-4-3-5-10-18)16-26-24(29)19-11-8-14-28(17-19)23-21-12-6-7-13-22(21)34(31,32)27-23/h3-7,9-10,12-13,19-20H,2,8,11,14-17H2,1H3,(H,26,29). The molecule has 34 heavy (non-hydrogen) atoms. The summed E-state index contributed by atoms with van der Waals surface area (Å²) < 4.78 is 34.1. The van der Waals surface area contributed by atoms with Gasteiger partial charge in [0.2, 0.25) is 5.91 Å². The first kappa shape index (κ1) is 23.9. The summed E-state index contributed by atoms with van der Waals surface area (Å²) >= 11 is 0. The minimum atomic E-state index is -3.71. The number of hydrogen-bond donors (Lipinski definition) is 1. The van der Waals surface area contributed by atoms with Crippen LogP contribution < -0.4 is 5.32 Å². The molecule has 0 radical (unpaired) electrons. The maximum absolute atomic E-state index is 13.0. The largest absolute Gasteiger partial charge is 0.466 e. The Balaban J connectivity index is 1.41. The van der Waals surface area contributed by atoms with Gasteiger partial charge >= 0.3 is 5.97 Å². The molecule has 2 heterocycles. The zero-order valence-electron chi connectivity index (χ0n) is 19.1. The number of piperidine rings is 1. The van der Waals surface area contributed by atoms with Crippen molar-refractivity contribution < 1.29 is 22.7 Å². The molecule has 2 aliphatic heterocycles. The van der Waals surface area contributed by atoms with Gasteiger partial charge < -0.3 is 15.0 Å². The number of hydrogen-bond acceptors (Lipinski definition) is 6. The molecule has 0 saturated carbocycles. The predicted octanol–water partition coefficient (Wildman–Crippen LogP) is 2.39. The van der Waals surface area contributed by atoms with E-state index in [2.05, 4.69) is 9.71 Å². The molecule has 180 valence electrons. The van der Waals surface area contributed by atoms with Gasteiger partial charge in [-0.15, -0.1) is 4.40 Å². The summed E-state index contributed by atoms with van der Waals surface area (Å²) in [6.45, 7) is 3.23. The summed E-state index contributed by atoms with van der Waals surface area (Å²) in [4.78, 5) is 27.6. The van der Waals surface area contributed by atoms with E-state index < -0.39 is 15.9 Å². The molecule has 1 amide bonds. The molecular formula is C25H29N3O5S. The molecule has 0 spiro atoms. The van der Waals surface area contributed by atoms with Gasteiger partial charge in [-0.3, -0.25) is 9.59 Å². The Labute approximate surface area is 200 Å². The fraction of sp³-hybridized carbons (Fsp3) is 0.400. The second-order valence-electron chi connectivity index (χ2n) is 8.56. The van der Waals surface area contributed by atoms with Crippen molar-refractivity contribution in [3.8, 4) is 0 Å². The highest BCUT2D eigenvalue weighted by Gasteiger charge is 2.35. The number of nitrogens with one attached hydrogen (secondary N) is 1. The highest BCUT2D eigenvalue weighted by atomic mass is 32.2. The predicted molar refractivity (Wildman–Crippen MR) is 128 cm³/mol. The molecule has 1 N–H and O–H groups in total. The van der Waals surface area contributed by atoms with Gasteiger partial charge in [0.1, 0.15) is 4.90 Å². The van der Waals surface area contributed by atoms with Gasteiger partial charge in [-0.1, -0.05) is 42.5 Å². The van der Waals surface area contributed by atoms with Crippen molar-refractivity contribution in [2.24, 2.45) is 16.2 Å². The van der Waals surface area contributed by atoms with Crippen LogP contribution in [0.1, 0.15) is 30.9 Å². The maximum atomic E-state index is 13.0. The van der Waals surface area contributed by atoms with Gasteiger partial charge in [-0.25, -0.2) is 0 Å². The summed E-state index contributed by atoms with van der Waals surface area (Å²) in [5, 5.41) is 2.93. The molecule has 1 fully saturated rings. The molecule has 9 heteroatoms. The van der Waals surface area contributed by atoms with Gasteiger partial charge in [-0.2, -0.15) is 8.42 Å². The van der Waals surface area contributed by atoms with Crippen molar-refractivity contribution in [2.45, 2.75) is 31.1 Å². The van der Waals surface area contributed by atoms with Gasteiger partial charge in [0, 0.05) is 25.2 Å². The fourth-order valence-electron chi connectivity index (χ4n) is 4.47. The number of benzene rings is 2. The highest BCUT2D eigenvalue weighted by Crippen LogP contribution is 2.29. The van der Waals surface area contributed by atoms with Crippen LogP contribution in [0, 0.1) is 11.8 Å². The number of carbonyl (C=O) groups excluding carboxylic acids is 2. The van der Waals surface area contributed by atoms with E-state index in [4.69, 9.17) is 4.74 Å². The lowest BCUT2D eigenvalue weighted by molar-refractivity contribution is -0.148. The summed E-state index contributed by atoms with van der Waals surface area (Å²) in [5.41, 5.74) is 1.58. The van der Waals surface area contributed by atoms with Crippen molar-refractivity contribution in [3.05, 3.63) is 65.7 Å². The Bertz CT molecular complexity index is 1180. The number of likely N-dealkylation sites (tertiary alicyclic amines) is 1. The van der Waals surface area contributed by atoms with Crippen LogP contribution in [0.25, 0.3) is 0 Å². The Kier molecular flexibility index (Phi) is 7.31. The summed E-state index contributed by atoms with van der Waals surface area (Å²) in [6.07, 6.45) is 1.90. The number of amides is 1. The van der Waals surface area contributed by atoms with E-state index in [0.29, 0.717) is 37.3 Å². The van der Waals surface area contributed by atoms with Crippen molar-refractivity contribution >= 4 is 27.7 Å². The van der Waals surface area contributed by atoms with Crippen molar-refractivity contribution in [1.82, 2.24) is 10.2 Å². The molecule has 0 aliphatic carbocycles. The smallest absolute Gasteiger partial charge is 0.311 e. The lowest BCUT2D eigenvalue weighted by atomic mass is 9.95. The first-order valence-electron chi connectivity index (χ1n) is 11.6. The average Bonchev–Trinajstić information content (AvgIpc) is 3.13. The maximum Gasteiger partial charge on any atom is 0.311 e. The van der Waals surface area contributed by atoms with Gasteiger partial charge in [-0.05, 0) is 43.9 Å². The molecule has 2 atom stereocenters. The third-order valence-electron chi connectivity index (χ3n) is 6.17. The molecular weight excluding hydrogens is 454 g/mol. The van der Waals surface area contributed by atoms with Crippen LogP contribution in [0.3, 0.4) is 0 Å². The molecule has 2 aliphatic rings. The van der Waals surface area contributed by atoms with E-state index in [1.165, 1.54) is 0 Å². The van der Waals surface area contributed by atoms with Crippen LogP contribution in [0.5, 0.6) is 0 Å². The van der Waals surface area contributed by atoms with E-state index in [1.54, 1.807) is 31.2 Å². The van der Waals surface area contributed by atoms with Crippen LogP contribution in [0.4, 0.5) is 0 Å². The first-order chi connectivity index (χ1) is 16.4. The van der Waals surface area contributed by atoms with E-state index in [9.17, 15) is 18.0 Å². The van der Waals surface area contributed by atoms with Crippen molar-refractivity contribution in [3.63, 3.8) is 0 Å². The molecule has 2 aromatic carbocycles. The van der Waals surface area contributed by atoms with E-state index in [-0.39, 0.29) is 35.8 Å². The van der Waals surface area contributed by atoms with Gasteiger partial charge in [0.05, 0.1) is 18.4 Å². The number of rotatable bonds is 7. The van der Waals surface area contributed by atoms with E-state index in [1.807, 2.05) is 35.2 Å². The Morgan fingerprint density at radius 2 is 1.88 bits per heavy atom. The lowest BCUT2D eigenvalue weighted by Crippen LogP contribution is -2.46. The number of esters is 1. The first-order valence-corrected chi connectivity index (χ1v) is 13.0. The second-order valence-corrected chi connectivity index (χ2v) is 10.1. The molecule has 2 unspecified atom stereocenters. The highest BCUT2D eigenvalue weighted by molar-refractivity contribution is 7.90. The van der Waals surface area contributed by atoms with E-state index >= 15 is 0 Å². The number of nitrogens with zero attached hydrogens (tertiary/aromatic N) is 2. The third-order valence-corrected chi connectivity index (χ3v) is 7.50. The monoisotopic (exact) mass is 483 g/mol. The van der Waals surface area contributed by atoms with Crippen molar-refractivity contribution in [1.29, 1.82) is 0 Å². The number of fused-ring (bicyclic) bond motifs is 1. The summed E-state index contributed by atoms with van der Waals surface area (Å²) in [6, 6.07) is 16.4. The molecule has 1 saturated heterocycles. The number of sulfonamides is 1. The van der Waals surface area contributed by atoms with Crippen LogP contribution >= 0.6 is 0 Å². The quantitative estimate of drug-likeness (QED) is 0.607. The number of carbonyl (C=O) groups is 2. The van der Waals surface area contributed by atoms with Crippen LogP contribution in [-0.2, 0) is 30.8 Å². The van der Waals surface area contributed by atoms with Gasteiger partial charge in [0.25, 0.3) is 10.0 Å². The van der Waals surface area contributed by atoms with Gasteiger partial charge in [0.15, 0.2) is 5.84 Å². The minimum Gasteiger partial charge on any atom is -0.466 e. The Morgan fingerprint density at radius 1 is 1.15 bits per heavy atom. The minimum absolute atomic E-state index is 0.151. The third kappa shape index (κ3) is 5.30. The fourth-order valence-corrected chi connectivity index (χ4v) is 5.69. The molecule has 0 aromatic heterocycles. The summed E-state index contributed by atoms with van der Waals surface area (Å²) in [7, 11) is -3.71. The zero-order valence-corrected chi connectivity index (χ0v) is 20.0. The Morgan fingerprint density at radius 3 is 2.65 bits per heavy atom. The van der Waals surface area contributed by atoms with Crippen LogP contribution in [0.15, 0.2) is 63.9 Å². The van der Waals surface area contributed by atoms with E-state index in [0.717, 1.165) is 12.0 Å². The number of ether oxygens (including phenoxy) is 1. The average molecular weight is 484 g/mol. The second kappa shape index (κ2) is 10.4. The number of amidine groups is 1. The lowest BCUT2D eigenvalue weighted by Gasteiger charge is -2.33. The molecule has 4 rings (SSSR count). The van der Waals surface area contributed by atoms with Crippen LogP contribution in [-0.4, -0.2) is 57.3 Å². The SMILES string of the molecule is CCOC(=O)C(CNC(=O)C1CCCN(C2=NS(=O)(=O)c3ccccc32)C1)Cc1ccccc1. The van der Waals surface area contributed by atoms with Crippen molar-refractivity contribution in [2.75, 3.05) is 26.2 Å². The summed E-state index contributed by atoms with van der Waals surface area (Å²) in [5.74, 6) is -0.892. The Hall–Kier alpha value is -3.20. The molecule has 8 nitrogen and oxygen atoms in total.